The van der Waals surface area contributed by atoms with Crippen LogP contribution in [0.5, 0.6) is 0 Å². The van der Waals surface area contributed by atoms with Crippen molar-refractivity contribution in [2.45, 2.75) is 45.7 Å². The van der Waals surface area contributed by atoms with Gasteiger partial charge in [-0.25, -0.2) is 0 Å². The summed E-state index contributed by atoms with van der Waals surface area (Å²) in [5.41, 5.74) is 1.15. The van der Waals surface area contributed by atoms with Crippen LogP contribution in [0.3, 0.4) is 0 Å². The number of pyridine rings is 1. The van der Waals surface area contributed by atoms with Gasteiger partial charge in [0.15, 0.2) is 0 Å². The smallest absolute Gasteiger partial charge is 0.0570 e. The van der Waals surface area contributed by atoms with Gasteiger partial charge in [-0.1, -0.05) is 19.9 Å². The van der Waals surface area contributed by atoms with Gasteiger partial charge in [0, 0.05) is 24.8 Å². The molecule has 19 heavy (non-hydrogen) atoms. The molecule has 0 amide bonds. The highest BCUT2D eigenvalue weighted by atomic mass is 15.1. The fourth-order valence-corrected chi connectivity index (χ4v) is 2.87. The molecule has 1 aliphatic rings. The van der Waals surface area contributed by atoms with Gasteiger partial charge in [-0.3, -0.25) is 4.98 Å². The molecule has 3 nitrogen and oxygen atoms in total. The Morgan fingerprint density at radius 3 is 2.58 bits per heavy atom. The van der Waals surface area contributed by atoms with Crippen molar-refractivity contribution in [3.8, 4) is 0 Å². The van der Waals surface area contributed by atoms with Crippen molar-refractivity contribution in [1.82, 2.24) is 15.2 Å². The summed E-state index contributed by atoms with van der Waals surface area (Å²) >= 11 is 0. The lowest BCUT2D eigenvalue weighted by Gasteiger charge is -2.34. The fraction of sp³-hybridized carbons (Fsp3) is 0.688. The molecule has 1 aromatic heterocycles. The molecule has 1 aromatic rings. The zero-order valence-electron chi connectivity index (χ0n) is 12.5. The van der Waals surface area contributed by atoms with E-state index in [0.29, 0.717) is 12.1 Å². The van der Waals surface area contributed by atoms with Crippen molar-refractivity contribution in [2.24, 2.45) is 5.92 Å². The summed E-state index contributed by atoms with van der Waals surface area (Å²) in [6.45, 7) is 10.5. The number of hydrogen-bond acceptors (Lipinski definition) is 3. The van der Waals surface area contributed by atoms with Crippen molar-refractivity contribution in [1.29, 1.82) is 0 Å². The summed E-state index contributed by atoms with van der Waals surface area (Å²) in [7, 11) is 0. The molecule has 0 saturated carbocycles. The minimum atomic E-state index is 0.350. The maximum absolute atomic E-state index is 4.43. The van der Waals surface area contributed by atoms with Crippen molar-refractivity contribution in [2.75, 3.05) is 19.6 Å². The van der Waals surface area contributed by atoms with Gasteiger partial charge < -0.3 is 10.2 Å². The Balaban J connectivity index is 1.76. The number of likely N-dealkylation sites (tertiary alicyclic amines) is 1. The number of nitrogens with one attached hydrogen (secondary N) is 1. The van der Waals surface area contributed by atoms with E-state index in [2.05, 4.69) is 48.1 Å². The van der Waals surface area contributed by atoms with Crippen LogP contribution < -0.4 is 5.32 Å². The molecule has 106 valence electrons. The van der Waals surface area contributed by atoms with Crippen molar-refractivity contribution < 1.29 is 0 Å². The van der Waals surface area contributed by atoms with Crippen molar-refractivity contribution in [3.05, 3.63) is 30.1 Å². The number of aromatic nitrogens is 1. The Labute approximate surface area is 117 Å². The molecule has 3 heteroatoms. The standard InChI is InChI=1S/C16H27N3/c1-13(2)12-19-10-7-15(8-11-19)18-14(3)16-6-4-5-9-17-16/h4-6,9,13-15,18H,7-8,10-12H2,1-3H3/t14-/m0/s1. The molecule has 1 aliphatic heterocycles. The molecule has 0 unspecified atom stereocenters. The van der Waals surface area contributed by atoms with Crippen LogP contribution in [0.25, 0.3) is 0 Å². The summed E-state index contributed by atoms with van der Waals surface area (Å²) in [5, 5.41) is 3.72. The molecule has 0 bridgehead atoms. The highest BCUT2D eigenvalue weighted by Crippen LogP contribution is 2.16. The van der Waals surface area contributed by atoms with Gasteiger partial charge in [0.1, 0.15) is 0 Å². The lowest BCUT2D eigenvalue weighted by atomic mass is 10.0. The molecule has 1 saturated heterocycles. The maximum Gasteiger partial charge on any atom is 0.0570 e. The number of rotatable bonds is 5. The highest BCUT2D eigenvalue weighted by molar-refractivity contribution is 5.08. The van der Waals surface area contributed by atoms with E-state index in [-0.39, 0.29) is 0 Å². The summed E-state index contributed by atoms with van der Waals surface area (Å²) in [5.74, 6) is 0.775. The van der Waals surface area contributed by atoms with Gasteiger partial charge in [0.2, 0.25) is 0 Å². The first-order valence-corrected chi connectivity index (χ1v) is 7.54. The van der Waals surface area contributed by atoms with Crippen LogP contribution in [0.1, 0.15) is 45.3 Å². The van der Waals surface area contributed by atoms with Crippen LogP contribution in [0.2, 0.25) is 0 Å². The maximum atomic E-state index is 4.43. The van der Waals surface area contributed by atoms with Gasteiger partial charge in [-0.15, -0.1) is 0 Å². The Morgan fingerprint density at radius 2 is 2.00 bits per heavy atom. The largest absolute Gasteiger partial charge is 0.306 e. The molecule has 2 rings (SSSR count). The predicted molar refractivity (Wildman–Crippen MR) is 80.1 cm³/mol. The first kappa shape index (κ1) is 14.5. The van der Waals surface area contributed by atoms with Crippen LogP contribution in [0.4, 0.5) is 0 Å². The van der Waals surface area contributed by atoms with E-state index in [0.717, 1.165) is 11.6 Å². The molecule has 1 fully saturated rings. The SMILES string of the molecule is CC(C)CN1CCC(N[C@@H](C)c2ccccn2)CC1. The molecular weight excluding hydrogens is 234 g/mol. The van der Waals surface area contributed by atoms with Crippen LogP contribution >= 0.6 is 0 Å². The molecule has 0 aromatic carbocycles. The normalized spacial score (nSPS) is 19.8. The third kappa shape index (κ3) is 4.59. The van der Waals surface area contributed by atoms with Crippen LogP contribution in [0, 0.1) is 5.92 Å². The topological polar surface area (TPSA) is 28.2 Å². The third-order valence-corrected chi connectivity index (χ3v) is 3.83. The predicted octanol–water partition coefficient (Wildman–Crippen LogP) is 2.85. The molecule has 2 heterocycles. The van der Waals surface area contributed by atoms with Crippen molar-refractivity contribution >= 4 is 0 Å². The minimum absolute atomic E-state index is 0.350. The summed E-state index contributed by atoms with van der Waals surface area (Å²) < 4.78 is 0. The van der Waals surface area contributed by atoms with E-state index in [9.17, 15) is 0 Å². The zero-order valence-corrected chi connectivity index (χ0v) is 12.5. The monoisotopic (exact) mass is 261 g/mol. The van der Waals surface area contributed by atoms with E-state index in [1.54, 1.807) is 0 Å². The summed E-state index contributed by atoms with van der Waals surface area (Å²) in [6, 6.07) is 7.13. The van der Waals surface area contributed by atoms with Crippen LogP contribution in [-0.4, -0.2) is 35.6 Å². The highest BCUT2D eigenvalue weighted by Gasteiger charge is 2.21. The molecule has 1 atom stereocenters. The second-order valence-electron chi connectivity index (χ2n) is 6.11. The Kier molecular flexibility index (Phi) is 5.34. The quantitative estimate of drug-likeness (QED) is 0.883. The van der Waals surface area contributed by atoms with Gasteiger partial charge >= 0.3 is 0 Å². The van der Waals surface area contributed by atoms with Crippen LogP contribution in [-0.2, 0) is 0 Å². The van der Waals surface area contributed by atoms with Gasteiger partial charge in [-0.2, -0.15) is 0 Å². The van der Waals surface area contributed by atoms with E-state index < -0.39 is 0 Å². The lowest BCUT2D eigenvalue weighted by molar-refractivity contribution is 0.175. The van der Waals surface area contributed by atoms with Gasteiger partial charge in [0.25, 0.3) is 0 Å². The van der Waals surface area contributed by atoms with E-state index in [1.807, 2.05) is 12.3 Å². The van der Waals surface area contributed by atoms with E-state index in [4.69, 9.17) is 0 Å². The summed E-state index contributed by atoms with van der Waals surface area (Å²) in [4.78, 5) is 7.02. The van der Waals surface area contributed by atoms with Crippen LogP contribution in [0.15, 0.2) is 24.4 Å². The zero-order chi connectivity index (χ0) is 13.7. The van der Waals surface area contributed by atoms with E-state index >= 15 is 0 Å². The molecular formula is C16H27N3. The number of piperidine rings is 1. The third-order valence-electron chi connectivity index (χ3n) is 3.83. The minimum Gasteiger partial charge on any atom is -0.306 e. The molecule has 0 spiro atoms. The Hall–Kier alpha value is -0.930. The first-order chi connectivity index (χ1) is 9.15. The second-order valence-corrected chi connectivity index (χ2v) is 6.11. The van der Waals surface area contributed by atoms with E-state index in [1.165, 1.54) is 32.5 Å². The average molecular weight is 261 g/mol. The van der Waals surface area contributed by atoms with Crippen molar-refractivity contribution in [3.63, 3.8) is 0 Å². The molecule has 0 radical (unpaired) electrons. The number of hydrogen-bond donors (Lipinski definition) is 1. The number of nitrogens with zero attached hydrogens (tertiary/aromatic N) is 2. The van der Waals surface area contributed by atoms with Gasteiger partial charge in [0.05, 0.1) is 5.69 Å². The molecule has 0 aliphatic carbocycles. The first-order valence-electron chi connectivity index (χ1n) is 7.54. The lowest BCUT2D eigenvalue weighted by Crippen LogP contribution is -2.44. The van der Waals surface area contributed by atoms with Gasteiger partial charge in [-0.05, 0) is 50.9 Å². The fourth-order valence-electron chi connectivity index (χ4n) is 2.87. The average Bonchev–Trinajstić information content (AvgIpc) is 2.41. The summed E-state index contributed by atoms with van der Waals surface area (Å²) in [6.07, 6.45) is 4.38. The molecule has 1 N–H and O–H groups in total. The Bertz CT molecular complexity index is 356. The Morgan fingerprint density at radius 1 is 1.26 bits per heavy atom. The second kappa shape index (κ2) is 7.01.